The molecule has 0 saturated carbocycles. The van der Waals surface area contributed by atoms with E-state index in [0.29, 0.717) is 41.6 Å². The van der Waals surface area contributed by atoms with Crippen LogP contribution in [0.2, 0.25) is 5.02 Å². The monoisotopic (exact) mass is 426 g/mol. The second-order valence-electron chi connectivity index (χ2n) is 7.56. The van der Waals surface area contributed by atoms with Gasteiger partial charge in [0.1, 0.15) is 5.65 Å². The summed E-state index contributed by atoms with van der Waals surface area (Å²) in [6.45, 7) is 5.53. The van der Waals surface area contributed by atoms with Gasteiger partial charge < -0.3 is 15.0 Å². The summed E-state index contributed by atoms with van der Waals surface area (Å²) in [6, 6.07) is 12.2. The first kappa shape index (κ1) is 20.4. The number of carbonyl (C=O) groups excluding carboxylic acids is 1. The summed E-state index contributed by atoms with van der Waals surface area (Å²) in [7, 11) is 0. The summed E-state index contributed by atoms with van der Waals surface area (Å²) in [5.41, 5.74) is 2.46. The van der Waals surface area contributed by atoms with Gasteiger partial charge in [-0.1, -0.05) is 11.6 Å². The number of amides is 1. The summed E-state index contributed by atoms with van der Waals surface area (Å²) in [5.74, 6) is 0.00595. The maximum atomic E-state index is 12.8. The summed E-state index contributed by atoms with van der Waals surface area (Å²) < 4.78 is 7.11. The molecule has 1 aliphatic rings. The molecule has 3 heterocycles. The topological polar surface area (TPSA) is 75.9 Å². The van der Waals surface area contributed by atoms with Crippen LogP contribution < -0.4 is 10.9 Å². The first-order valence-electron chi connectivity index (χ1n) is 9.85. The van der Waals surface area contributed by atoms with Crippen molar-refractivity contribution in [1.82, 2.24) is 14.3 Å². The molecule has 2 atom stereocenters. The number of rotatable bonds is 4. The third kappa shape index (κ3) is 4.47. The SMILES string of the molecule is CC1CN(C(=O)c2ccc(NCc3cc(=O)n4cc(Cl)ccc4n3)cc2)CC(C)O1. The van der Waals surface area contributed by atoms with E-state index in [1.807, 2.05) is 30.9 Å². The number of morpholine rings is 1. The summed E-state index contributed by atoms with van der Waals surface area (Å²) >= 11 is 5.94. The lowest BCUT2D eigenvalue weighted by Gasteiger charge is -2.35. The number of halogens is 1. The zero-order chi connectivity index (χ0) is 21.3. The van der Waals surface area contributed by atoms with E-state index in [2.05, 4.69) is 10.3 Å². The number of ether oxygens (including phenoxy) is 1. The lowest BCUT2D eigenvalue weighted by molar-refractivity contribution is -0.0586. The fourth-order valence-corrected chi connectivity index (χ4v) is 3.83. The molecule has 8 heteroatoms. The smallest absolute Gasteiger partial charge is 0.258 e. The minimum Gasteiger partial charge on any atom is -0.379 e. The molecule has 1 amide bonds. The Bertz CT molecular complexity index is 1120. The van der Waals surface area contributed by atoms with Gasteiger partial charge in [0.05, 0.1) is 29.5 Å². The zero-order valence-corrected chi connectivity index (χ0v) is 17.6. The first-order valence-corrected chi connectivity index (χ1v) is 10.2. The summed E-state index contributed by atoms with van der Waals surface area (Å²) in [5, 5.41) is 3.72. The van der Waals surface area contributed by atoms with Crippen LogP contribution in [-0.2, 0) is 11.3 Å². The van der Waals surface area contributed by atoms with Gasteiger partial charge in [-0.25, -0.2) is 4.98 Å². The molecule has 0 radical (unpaired) electrons. The highest BCUT2D eigenvalue weighted by atomic mass is 35.5. The molecule has 156 valence electrons. The Morgan fingerprint density at radius 3 is 2.57 bits per heavy atom. The molecule has 30 heavy (non-hydrogen) atoms. The van der Waals surface area contributed by atoms with E-state index in [0.717, 1.165) is 5.69 Å². The van der Waals surface area contributed by atoms with Crippen molar-refractivity contribution < 1.29 is 9.53 Å². The van der Waals surface area contributed by atoms with Crippen molar-refractivity contribution in [2.75, 3.05) is 18.4 Å². The molecule has 7 nitrogen and oxygen atoms in total. The fraction of sp³-hybridized carbons (Fsp3) is 0.318. The van der Waals surface area contributed by atoms with Gasteiger partial charge >= 0.3 is 0 Å². The Labute approximate surface area is 179 Å². The predicted molar refractivity (Wildman–Crippen MR) is 116 cm³/mol. The number of anilines is 1. The fourth-order valence-electron chi connectivity index (χ4n) is 3.67. The number of nitrogens with zero attached hydrogens (tertiary/aromatic N) is 3. The molecule has 1 fully saturated rings. The quantitative estimate of drug-likeness (QED) is 0.693. The molecular weight excluding hydrogens is 404 g/mol. The number of hydrogen-bond donors (Lipinski definition) is 1. The van der Waals surface area contributed by atoms with Crippen LogP contribution in [0.25, 0.3) is 5.65 Å². The number of aromatic nitrogens is 2. The average molecular weight is 427 g/mol. The highest BCUT2D eigenvalue weighted by molar-refractivity contribution is 6.30. The molecule has 1 aliphatic heterocycles. The van der Waals surface area contributed by atoms with Gasteiger partial charge in [-0.05, 0) is 50.2 Å². The number of nitrogens with one attached hydrogen (secondary N) is 1. The van der Waals surface area contributed by atoms with E-state index < -0.39 is 0 Å². The minimum atomic E-state index is -0.186. The van der Waals surface area contributed by atoms with Crippen LogP contribution in [0, 0.1) is 0 Å². The van der Waals surface area contributed by atoms with Gasteiger partial charge in [-0.15, -0.1) is 0 Å². The minimum absolute atomic E-state index is 0.00595. The molecule has 2 aromatic heterocycles. The third-order valence-corrected chi connectivity index (χ3v) is 5.21. The Balaban J connectivity index is 1.43. The number of hydrogen-bond acceptors (Lipinski definition) is 5. The number of carbonyl (C=O) groups is 1. The zero-order valence-electron chi connectivity index (χ0n) is 16.8. The van der Waals surface area contributed by atoms with E-state index in [1.54, 1.807) is 30.5 Å². The van der Waals surface area contributed by atoms with Gasteiger partial charge in [0, 0.05) is 36.6 Å². The molecule has 0 aliphatic carbocycles. The van der Waals surface area contributed by atoms with E-state index in [4.69, 9.17) is 16.3 Å². The van der Waals surface area contributed by atoms with Gasteiger partial charge in [0.2, 0.25) is 0 Å². The number of pyridine rings is 1. The van der Waals surface area contributed by atoms with Crippen LogP contribution in [0.1, 0.15) is 29.9 Å². The van der Waals surface area contributed by atoms with Crippen molar-refractivity contribution in [2.24, 2.45) is 0 Å². The maximum Gasteiger partial charge on any atom is 0.258 e. The van der Waals surface area contributed by atoms with E-state index in [9.17, 15) is 9.59 Å². The highest BCUT2D eigenvalue weighted by Crippen LogP contribution is 2.17. The lowest BCUT2D eigenvalue weighted by atomic mass is 10.1. The Morgan fingerprint density at radius 2 is 1.87 bits per heavy atom. The van der Waals surface area contributed by atoms with Crippen molar-refractivity contribution in [3.05, 3.63) is 75.3 Å². The van der Waals surface area contributed by atoms with E-state index in [1.165, 1.54) is 10.5 Å². The van der Waals surface area contributed by atoms with Gasteiger partial charge in [0.15, 0.2) is 0 Å². The van der Waals surface area contributed by atoms with Crippen LogP contribution in [0.4, 0.5) is 5.69 Å². The van der Waals surface area contributed by atoms with Gasteiger partial charge in [-0.3, -0.25) is 14.0 Å². The summed E-state index contributed by atoms with van der Waals surface area (Å²) in [6.07, 6.45) is 1.62. The van der Waals surface area contributed by atoms with Gasteiger partial charge in [0.25, 0.3) is 11.5 Å². The van der Waals surface area contributed by atoms with Crippen molar-refractivity contribution >= 4 is 28.8 Å². The largest absolute Gasteiger partial charge is 0.379 e. The van der Waals surface area contributed by atoms with Crippen LogP contribution >= 0.6 is 11.6 Å². The average Bonchev–Trinajstić information content (AvgIpc) is 2.72. The normalized spacial score (nSPS) is 19.1. The molecule has 4 rings (SSSR count). The molecule has 0 bridgehead atoms. The molecule has 1 saturated heterocycles. The highest BCUT2D eigenvalue weighted by Gasteiger charge is 2.26. The maximum absolute atomic E-state index is 12.8. The van der Waals surface area contributed by atoms with Crippen LogP contribution in [-0.4, -0.2) is 45.5 Å². The van der Waals surface area contributed by atoms with E-state index in [-0.39, 0.29) is 23.7 Å². The third-order valence-electron chi connectivity index (χ3n) is 4.99. The van der Waals surface area contributed by atoms with Gasteiger partial charge in [-0.2, -0.15) is 0 Å². The van der Waals surface area contributed by atoms with Crippen LogP contribution in [0.3, 0.4) is 0 Å². The van der Waals surface area contributed by atoms with Crippen molar-refractivity contribution in [1.29, 1.82) is 0 Å². The number of benzene rings is 1. The second-order valence-corrected chi connectivity index (χ2v) is 8.00. The van der Waals surface area contributed by atoms with Crippen molar-refractivity contribution in [2.45, 2.75) is 32.6 Å². The predicted octanol–water partition coefficient (Wildman–Crippen LogP) is 3.21. The van der Waals surface area contributed by atoms with Crippen molar-refractivity contribution in [3.63, 3.8) is 0 Å². The van der Waals surface area contributed by atoms with E-state index >= 15 is 0 Å². The molecule has 1 N–H and O–H groups in total. The Hall–Kier alpha value is -2.90. The Morgan fingerprint density at radius 1 is 1.17 bits per heavy atom. The Kier molecular flexibility index (Phi) is 5.74. The molecule has 0 spiro atoms. The standard InChI is InChI=1S/C22H23ClN4O3/c1-14-11-26(12-15(2)30-14)22(29)16-3-6-18(7-4-16)24-10-19-9-21(28)27-13-17(23)5-8-20(27)25-19/h3-9,13-15,24H,10-12H2,1-2H3. The van der Waals surface area contributed by atoms with Crippen molar-refractivity contribution in [3.8, 4) is 0 Å². The molecule has 3 aromatic rings. The number of fused-ring (bicyclic) bond motifs is 1. The molecule has 1 aromatic carbocycles. The second kappa shape index (κ2) is 8.45. The van der Waals surface area contributed by atoms with Crippen LogP contribution in [0.5, 0.6) is 0 Å². The molecular formula is C22H23ClN4O3. The molecule has 2 unspecified atom stereocenters. The first-order chi connectivity index (χ1) is 14.4. The summed E-state index contributed by atoms with van der Waals surface area (Å²) in [4.78, 5) is 31.3. The van der Waals surface area contributed by atoms with Crippen LogP contribution in [0.15, 0.2) is 53.5 Å². The lowest BCUT2D eigenvalue weighted by Crippen LogP contribution is -2.48.